The Morgan fingerprint density at radius 1 is 1.48 bits per heavy atom. The van der Waals surface area contributed by atoms with Crippen LogP contribution in [-0.4, -0.2) is 37.0 Å². The molecule has 0 radical (unpaired) electrons. The fourth-order valence-electron chi connectivity index (χ4n) is 2.03. The summed E-state index contributed by atoms with van der Waals surface area (Å²) in [6.07, 6.45) is 1.54. The van der Waals surface area contributed by atoms with E-state index in [1.807, 2.05) is 0 Å². The third kappa shape index (κ3) is 3.88. The SMILES string of the molecule is O=C(O)c1cc(Cl)cc(S(=O)(=O)NC2CCCSC2)c1F. The number of hydrogen-bond acceptors (Lipinski definition) is 4. The van der Waals surface area contributed by atoms with Gasteiger partial charge < -0.3 is 5.11 Å². The van der Waals surface area contributed by atoms with Crippen molar-refractivity contribution in [1.29, 1.82) is 0 Å². The predicted molar refractivity (Wildman–Crippen MR) is 79.0 cm³/mol. The van der Waals surface area contributed by atoms with Crippen LogP contribution in [0.1, 0.15) is 23.2 Å². The van der Waals surface area contributed by atoms with Gasteiger partial charge in [0.2, 0.25) is 10.0 Å². The van der Waals surface area contributed by atoms with Gasteiger partial charge in [-0.3, -0.25) is 0 Å². The molecule has 0 bridgehead atoms. The molecule has 1 heterocycles. The number of rotatable bonds is 4. The van der Waals surface area contributed by atoms with E-state index in [0.29, 0.717) is 12.2 Å². The van der Waals surface area contributed by atoms with Gasteiger partial charge in [0.25, 0.3) is 0 Å². The molecule has 1 aliphatic rings. The lowest BCUT2D eigenvalue weighted by molar-refractivity contribution is 0.0691. The van der Waals surface area contributed by atoms with Gasteiger partial charge in [-0.25, -0.2) is 22.3 Å². The Kier molecular flexibility index (Phi) is 5.13. The highest BCUT2D eigenvalue weighted by molar-refractivity contribution is 7.99. The fourth-order valence-corrected chi connectivity index (χ4v) is 4.89. The number of carboxylic acids is 1. The van der Waals surface area contributed by atoms with Gasteiger partial charge in [0.15, 0.2) is 5.82 Å². The van der Waals surface area contributed by atoms with Crippen LogP contribution in [0.25, 0.3) is 0 Å². The Balaban J connectivity index is 2.37. The second kappa shape index (κ2) is 6.51. The van der Waals surface area contributed by atoms with E-state index in [4.69, 9.17) is 16.7 Å². The van der Waals surface area contributed by atoms with Crippen molar-refractivity contribution in [2.75, 3.05) is 11.5 Å². The maximum atomic E-state index is 14.1. The topological polar surface area (TPSA) is 83.5 Å². The summed E-state index contributed by atoms with van der Waals surface area (Å²) >= 11 is 7.30. The Labute approximate surface area is 130 Å². The number of benzene rings is 1. The predicted octanol–water partition coefficient (Wildman–Crippen LogP) is 2.35. The minimum absolute atomic E-state index is 0.146. The largest absolute Gasteiger partial charge is 0.478 e. The zero-order chi connectivity index (χ0) is 15.6. The summed E-state index contributed by atoms with van der Waals surface area (Å²) in [6, 6.07) is 1.51. The molecule has 1 saturated heterocycles. The van der Waals surface area contributed by atoms with Gasteiger partial charge in [0.05, 0.1) is 5.56 Å². The Morgan fingerprint density at radius 3 is 2.76 bits per heavy atom. The quantitative estimate of drug-likeness (QED) is 0.868. The molecule has 0 saturated carbocycles. The van der Waals surface area contributed by atoms with E-state index in [1.54, 1.807) is 11.8 Å². The van der Waals surface area contributed by atoms with E-state index in [1.165, 1.54) is 0 Å². The van der Waals surface area contributed by atoms with Crippen LogP contribution < -0.4 is 4.72 Å². The molecule has 0 aliphatic carbocycles. The summed E-state index contributed by atoms with van der Waals surface area (Å²) in [5.74, 6) is -1.30. The van der Waals surface area contributed by atoms with Crippen LogP contribution in [0.3, 0.4) is 0 Å². The lowest BCUT2D eigenvalue weighted by Crippen LogP contribution is -2.38. The monoisotopic (exact) mass is 353 g/mol. The summed E-state index contributed by atoms with van der Waals surface area (Å²) in [7, 11) is -4.16. The molecular formula is C12H13ClFNO4S2. The summed E-state index contributed by atoms with van der Waals surface area (Å²) < 4.78 is 41.0. The number of carboxylic acid groups (broad SMARTS) is 1. The average Bonchev–Trinajstić information content (AvgIpc) is 2.41. The smallest absolute Gasteiger partial charge is 0.338 e. The molecule has 21 heavy (non-hydrogen) atoms. The van der Waals surface area contributed by atoms with Gasteiger partial charge >= 0.3 is 5.97 Å². The molecule has 1 atom stereocenters. The van der Waals surface area contributed by atoms with Crippen LogP contribution in [0.4, 0.5) is 4.39 Å². The van der Waals surface area contributed by atoms with E-state index >= 15 is 0 Å². The van der Waals surface area contributed by atoms with Gasteiger partial charge in [-0.2, -0.15) is 11.8 Å². The van der Waals surface area contributed by atoms with E-state index < -0.39 is 32.3 Å². The third-order valence-electron chi connectivity index (χ3n) is 3.01. The number of aromatic carboxylic acids is 1. The van der Waals surface area contributed by atoms with E-state index in [2.05, 4.69) is 4.72 Å². The lowest BCUT2D eigenvalue weighted by atomic mass is 10.2. The fraction of sp³-hybridized carbons (Fsp3) is 0.417. The van der Waals surface area contributed by atoms with Gasteiger partial charge in [-0.15, -0.1) is 0 Å². The molecule has 2 N–H and O–H groups in total. The van der Waals surface area contributed by atoms with Crippen molar-refractivity contribution in [3.8, 4) is 0 Å². The number of halogens is 2. The van der Waals surface area contributed by atoms with Gasteiger partial charge in [-0.1, -0.05) is 11.6 Å². The van der Waals surface area contributed by atoms with Crippen molar-refractivity contribution in [3.05, 3.63) is 28.5 Å². The van der Waals surface area contributed by atoms with Crippen LogP contribution in [0, 0.1) is 5.82 Å². The summed E-state index contributed by atoms with van der Waals surface area (Å²) in [5, 5.41) is 8.74. The Hall–Kier alpha value is -0.830. The average molecular weight is 354 g/mol. The van der Waals surface area contributed by atoms with Crippen molar-refractivity contribution in [2.24, 2.45) is 0 Å². The van der Waals surface area contributed by atoms with Gasteiger partial charge in [-0.05, 0) is 30.7 Å². The number of sulfonamides is 1. The van der Waals surface area contributed by atoms with Crippen LogP contribution in [0.15, 0.2) is 17.0 Å². The van der Waals surface area contributed by atoms with Crippen LogP contribution in [-0.2, 0) is 10.0 Å². The first-order chi connectivity index (χ1) is 9.81. The van der Waals surface area contributed by atoms with Crippen molar-refractivity contribution in [1.82, 2.24) is 4.72 Å². The number of nitrogens with one attached hydrogen (secondary N) is 1. The highest BCUT2D eigenvalue weighted by Crippen LogP contribution is 2.25. The van der Waals surface area contributed by atoms with Crippen LogP contribution in [0.2, 0.25) is 5.02 Å². The van der Waals surface area contributed by atoms with E-state index in [9.17, 15) is 17.6 Å². The summed E-state index contributed by atoms with van der Waals surface area (Å²) in [5.41, 5.74) is -0.763. The molecule has 0 amide bonds. The van der Waals surface area contributed by atoms with Crippen molar-refractivity contribution < 1.29 is 22.7 Å². The highest BCUT2D eigenvalue weighted by atomic mass is 35.5. The first kappa shape index (κ1) is 16.5. The Bertz CT molecular complexity index is 659. The van der Waals surface area contributed by atoms with Crippen molar-refractivity contribution in [3.63, 3.8) is 0 Å². The number of thioether (sulfide) groups is 1. The number of carbonyl (C=O) groups is 1. The molecule has 1 fully saturated rings. The zero-order valence-corrected chi connectivity index (χ0v) is 13.2. The summed E-state index contributed by atoms with van der Waals surface area (Å²) in [4.78, 5) is 10.2. The Morgan fingerprint density at radius 2 is 2.19 bits per heavy atom. The minimum atomic E-state index is -4.16. The molecule has 1 unspecified atom stereocenters. The molecule has 9 heteroatoms. The first-order valence-electron chi connectivity index (χ1n) is 6.13. The van der Waals surface area contributed by atoms with E-state index in [0.717, 1.165) is 24.3 Å². The third-order valence-corrected chi connectivity index (χ3v) is 5.96. The normalized spacial score (nSPS) is 19.4. The van der Waals surface area contributed by atoms with Gasteiger partial charge in [0.1, 0.15) is 4.90 Å². The zero-order valence-electron chi connectivity index (χ0n) is 10.8. The molecule has 0 spiro atoms. The summed E-state index contributed by atoms with van der Waals surface area (Å²) in [6.45, 7) is 0. The molecule has 1 aromatic rings. The first-order valence-corrected chi connectivity index (χ1v) is 9.15. The van der Waals surface area contributed by atoms with Crippen LogP contribution >= 0.6 is 23.4 Å². The maximum absolute atomic E-state index is 14.1. The van der Waals surface area contributed by atoms with Crippen molar-refractivity contribution in [2.45, 2.75) is 23.8 Å². The second-order valence-corrected chi connectivity index (χ2v) is 7.87. The molecular weight excluding hydrogens is 341 g/mol. The van der Waals surface area contributed by atoms with E-state index in [-0.39, 0.29) is 11.1 Å². The molecule has 0 aromatic heterocycles. The number of hydrogen-bond donors (Lipinski definition) is 2. The van der Waals surface area contributed by atoms with Crippen LogP contribution in [0.5, 0.6) is 0 Å². The molecule has 116 valence electrons. The molecule has 1 aromatic carbocycles. The highest BCUT2D eigenvalue weighted by Gasteiger charge is 2.28. The van der Waals surface area contributed by atoms with Crippen molar-refractivity contribution >= 4 is 39.4 Å². The second-order valence-electron chi connectivity index (χ2n) is 4.61. The minimum Gasteiger partial charge on any atom is -0.478 e. The van der Waals surface area contributed by atoms with Gasteiger partial charge in [0, 0.05) is 16.8 Å². The molecule has 1 aliphatic heterocycles. The molecule has 2 rings (SSSR count). The maximum Gasteiger partial charge on any atom is 0.338 e. The lowest BCUT2D eigenvalue weighted by Gasteiger charge is -2.22. The molecule has 5 nitrogen and oxygen atoms in total. The standard InChI is InChI=1S/C12H13ClFNO4S2/c13-7-4-9(12(16)17)11(14)10(5-7)21(18,19)15-8-2-1-3-20-6-8/h4-5,8,15H,1-3,6H2,(H,16,17).